The lowest BCUT2D eigenvalue weighted by molar-refractivity contribution is -0.177. The summed E-state index contributed by atoms with van der Waals surface area (Å²) in [6, 6.07) is 5.06. The van der Waals surface area contributed by atoms with E-state index in [2.05, 4.69) is 15.9 Å². The van der Waals surface area contributed by atoms with E-state index in [0.29, 0.717) is 11.3 Å². The molecular weight excluding hydrogens is 356 g/mol. The van der Waals surface area contributed by atoms with Gasteiger partial charge in [-0.1, -0.05) is 15.9 Å². The molecule has 1 aromatic rings. The van der Waals surface area contributed by atoms with Crippen LogP contribution in [0.4, 0.5) is 0 Å². The zero-order chi connectivity index (χ0) is 16.5. The number of rotatable bonds is 4. The molecule has 1 atom stereocenters. The van der Waals surface area contributed by atoms with Crippen molar-refractivity contribution in [2.45, 2.75) is 24.9 Å². The zero-order valence-corrected chi connectivity index (χ0v) is 13.9. The Morgan fingerprint density at radius 3 is 2.32 bits per heavy atom. The van der Waals surface area contributed by atoms with E-state index in [1.807, 2.05) is 0 Å². The van der Waals surface area contributed by atoms with Gasteiger partial charge in [0.1, 0.15) is 11.5 Å². The number of carbonyl (C=O) groups is 3. The third-order valence-corrected chi connectivity index (χ3v) is 4.07. The quantitative estimate of drug-likeness (QED) is 0.595. The van der Waals surface area contributed by atoms with Crippen LogP contribution in [0.5, 0.6) is 5.75 Å². The van der Waals surface area contributed by atoms with Gasteiger partial charge >= 0.3 is 17.5 Å². The molecular formula is C15H15BrO6. The van der Waals surface area contributed by atoms with Crippen LogP contribution >= 0.6 is 15.9 Å². The van der Waals surface area contributed by atoms with Crippen LogP contribution in [0.3, 0.4) is 0 Å². The minimum atomic E-state index is -2.00. The number of carbonyl (C=O) groups excluding carboxylic acids is 3. The summed E-state index contributed by atoms with van der Waals surface area (Å²) in [5, 5.41) is 0. The highest BCUT2D eigenvalue weighted by Gasteiger charge is 2.62. The smallest absolute Gasteiger partial charge is 0.362 e. The van der Waals surface area contributed by atoms with Gasteiger partial charge in [-0.2, -0.15) is 0 Å². The number of hydrogen-bond donors (Lipinski definition) is 0. The van der Waals surface area contributed by atoms with Crippen molar-refractivity contribution in [3.8, 4) is 5.75 Å². The Morgan fingerprint density at radius 2 is 1.82 bits per heavy atom. The molecule has 1 aliphatic heterocycles. The second kappa shape index (κ2) is 6.08. The predicted octanol–water partition coefficient (Wildman–Crippen LogP) is 1.99. The highest BCUT2D eigenvalue weighted by atomic mass is 79.9. The van der Waals surface area contributed by atoms with Crippen molar-refractivity contribution in [1.29, 1.82) is 0 Å². The van der Waals surface area contributed by atoms with E-state index < -0.39 is 23.5 Å². The Balaban J connectivity index is 2.65. The Labute approximate surface area is 135 Å². The fourth-order valence-corrected chi connectivity index (χ4v) is 3.02. The van der Waals surface area contributed by atoms with Crippen LogP contribution < -0.4 is 4.74 Å². The molecule has 0 bridgehead atoms. The second-order valence-corrected chi connectivity index (χ2v) is 5.88. The maximum Gasteiger partial charge on any atom is 0.362 e. The summed E-state index contributed by atoms with van der Waals surface area (Å²) in [4.78, 5) is 36.3. The summed E-state index contributed by atoms with van der Waals surface area (Å²) in [5.41, 5.74) is -1.42. The van der Waals surface area contributed by atoms with Crippen molar-refractivity contribution in [2.75, 3.05) is 14.2 Å². The first-order valence-corrected chi connectivity index (χ1v) is 7.30. The highest BCUT2D eigenvalue weighted by molar-refractivity contribution is 9.10. The fraction of sp³-hybridized carbons (Fsp3) is 0.400. The number of hydrogen-bond acceptors (Lipinski definition) is 6. The van der Waals surface area contributed by atoms with Gasteiger partial charge in [0.15, 0.2) is 0 Å². The maximum atomic E-state index is 12.3. The van der Waals surface area contributed by atoms with Crippen LogP contribution in [0.15, 0.2) is 22.7 Å². The SMILES string of the molecule is COC(=O)C1(C(=O)OC)Oc2ccc(Br)cc2[C@H]1CC(C)=O. The number of fused-ring (bicyclic) bond motifs is 1. The summed E-state index contributed by atoms with van der Waals surface area (Å²) in [5.74, 6) is -2.42. The first-order valence-electron chi connectivity index (χ1n) is 6.51. The molecule has 0 unspecified atom stereocenters. The Morgan fingerprint density at radius 1 is 1.23 bits per heavy atom. The van der Waals surface area contributed by atoms with Crippen molar-refractivity contribution in [1.82, 2.24) is 0 Å². The van der Waals surface area contributed by atoms with Gasteiger partial charge in [0.05, 0.1) is 20.1 Å². The Hall–Kier alpha value is -1.89. The number of benzene rings is 1. The summed E-state index contributed by atoms with van der Waals surface area (Å²) < 4.78 is 15.9. The molecule has 0 radical (unpaired) electrons. The molecule has 0 fully saturated rings. The van der Waals surface area contributed by atoms with Gasteiger partial charge < -0.3 is 19.0 Å². The van der Waals surface area contributed by atoms with Crippen molar-refractivity contribution < 1.29 is 28.6 Å². The fourth-order valence-electron chi connectivity index (χ4n) is 2.64. The number of esters is 2. The van der Waals surface area contributed by atoms with Gasteiger partial charge in [-0.3, -0.25) is 0 Å². The lowest BCUT2D eigenvalue weighted by Crippen LogP contribution is -2.55. The van der Waals surface area contributed by atoms with Crippen LogP contribution in [-0.2, 0) is 23.9 Å². The van der Waals surface area contributed by atoms with Gasteiger partial charge in [-0.05, 0) is 25.1 Å². The lowest BCUT2D eigenvalue weighted by Gasteiger charge is -2.28. The average Bonchev–Trinajstić information content (AvgIpc) is 2.80. The third kappa shape index (κ3) is 2.49. The molecule has 0 aromatic heterocycles. The molecule has 2 rings (SSSR count). The van der Waals surface area contributed by atoms with Gasteiger partial charge in [0.2, 0.25) is 0 Å². The molecule has 1 heterocycles. The zero-order valence-electron chi connectivity index (χ0n) is 12.3. The van der Waals surface area contributed by atoms with Crippen molar-refractivity contribution in [3.05, 3.63) is 28.2 Å². The first-order chi connectivity index (χ1) is 10.4. The minimum absolute atomic E-state index is 0.0480. The van der Waals surface area contributed by atoms with E-state index in [0.717, 1.165) is 18.7 Å². The number of halogens is 1. The van der Waals surface area contributed by atoms with E-state index in [1.54, 1.807) is 18.2 Å². The summed E-state index contributed by atoms with van der Waals surface area (Å²) in [7, 11) is 2.31. The number of methoxy groups -OCH3 is 2. The summed E-state index contributed by atoms with van der Waals surface area (Å²) in [6.45, 7) is 1.38. The molecule has 6 nitrogen and oxygen atoms in total. The molecule has 0 saturated carbocycles. The van der Waals surface area contributed by atoms with Crippen LogP contribution in [0.1, 0.15) is 24.8 Å². The topological polar surface area (TPSA) is 78.9 Å². The molecule has 118 valence electrons. The number of Topliss-reactive ketones (excluding diaryl/α,β-unsaturated/α-hetero) is 1. The summed E-state index contributed by atoms with van der Waals surface area (Å²) >= 11 is 3.33. The van der Waals surface area contributed by atoms with Crippen molar-refractivity contribution in [2.24, 2.45) is 0 Å². The molecule has 0 spiro atoms. The third-order valence-electron chi connectivity index (χ3n) is 3.58. The van der Waals surface area contributed by atoms with E-state index in [9.17, 15) is 14.4 Å². The van der Waals surface area contributed by atoms with Gasteiger partial charge in [0, 0.05) is 16.5 Å². The molecule has 0 aliphatic carbocycles. The number of ether oxygens (including phenoxy) is 3. The van der Waals surface area contributed by atoms with E-state index in [-0.39, 0.29) is 12.2 Å². The van der Waals surface area contributed by atoms with Crippen LogP contribution in [0.25, 0.3) is 0 Å². The van der Waals surface area contributed by atoms with Crippen LogP contribution in [0, 0.1) is 0 Å². The van der Waals surface area contributed by atoms with E-state index in [1.165, 1.54) is 6.92 Å². The molecule has 0 saturated heterocycles. The van der Waals surface area contributed by atoms with Crippen molar-refractivity contribution in [3.63, 3.8) is 0 Å². The van der Waals surface area contributed by atoms with Crippen LogP contribution in [-0.4, -0.2) is 37.5 Å². The van der Waals surface area contributed by atoms with Crippen molar-refractivity contribution >= 4 is 33.7 Å². The summed E-state index contributed by atoms with van der Waals surface area (Å²) in [6.07, 6.45) is -0.0480. The molecule has 0 N–H and O–H groups in total. The number of ketones is 1. The van der Waals surface area contributed by atoms with E-state index >= 15 is 0 Å². The standard InChI is InChI=1S/C15H15BrO6/c1-8(17)6-11-10-7-9(16)4-5-12(10)22-15(11,13(18)20-2)14(19)21-3/h4-5,7,11H,6H2,1-3H3/t11-/m1/s1. The predicted molar refractivity (Wildman–Crippen MR) is 79.6 cm³/mol. The largest absolute Gasteiger partial charge is 0.466 e. The lowest BCUT2D eigenvalue weighted by atomic mass is 9.80. The van der Waals surface area contributed by atoms with Crippen LogP contribution in [0.2, 0.25) is 0 Å². The average molecular weight is 371 g/mol. The molecule has 7 heteroatoms. The molecule has 1 aliphatic rings. The molecule has 22 heavy (non-hydrogen) atoms. The van der Waals surface area contributed by atoms with Gasteiger partial charge in [-0.25, -0.2) is 9.59 Å². The maximum absolute atomic E-state index is 12.3. The van der Waals surface area contributed by atoms with E-state index in [4.69, 9.17) is 14.2 Å². The van der Waals surface area contributed by atoms with Gasteiger partial charge in [-0.15, -0.1) is 0 Å². The normalized spacial score (nSPS) is 18.1. The first kappa shape index (κ1) is 16.5. The minimum Gasteiger partial charge on any atom is -0.466 e. The Kier molecular flexibility index (Phi) is 4.55. The second-order valence-electron chi connectivity index (χ2n) is 4.96. The van der Waals surface area contributed by atoms with Gasteiger partial charge in [0.25, 0.3) is 0 Å². The monoisotopic (exact) mass is 370 g/mol. The molecule has 0 amide bonds. The molecule has 1 aromatic carbocycles. The Bertz CT molecular complexity index is 623. The highest BCUT2D eigenvalue weighted by Crippen LogP contribution is 2.48.